The maximum absolute atomic E-state index is 12.3. The number of carbonyl (C=O) groups is 1. The van der Waals surface area contributed by atoms with E-state index < -0.39 is 0 Å². The molecule has 0 saturated heterocycles. The van der Waals surface area contributed by atoms with Gasteiger partial charge in [-0.05, 0) is 39.7 Å². The molecule has 3 nitrogen and oxygen atoms in total. The number of nitrogens with one attached hydrogen (secondary N) is 1. The summed E-state index contributed by atoms with van der Waals surface area (Å²) in [6, 6.07) is 0.462. The quantitative estimate of drug-likeness (QED) is 0.809. The van der Waals surface area contributed by atoms with E-state index in [1.165, 1.54) is 32.1 Å². The van der Waals surface area contributed by atoms with Gasteiger partial charge < -0.3 is 10.2 Å². The van der Waals surface area contributed by atoms with E-state index in [1.54, 1.807) is 0 Å². The number of hydrogen-bond acceptors (Lipinski definition) is 2. The number of halogens is 1. The minimum Gasteiger partial charge on any atom is -0.339 e. The third-order valence-corrected chi connectivity index (χ3v) is 3.71. The number of nitrogens with zero attached hydrogens (tertiary/aromatic N) is 1. The molecule has 1 fully saturated rings. The number of likely N-dealkylation sites (N-methyl/N-ethyl adjacent to an activating group) is 1. The lowest BCUT2D eigenvalue weighted by Crippen LogP contribution is -2.49. The molecule has 108 valence electrons. The topological polar surface area (TPSA) is 32.3 Å². The Morgan fingerprint density at radius 2 is 1.89 bits per heavy atom. The second-order valence-corrected chi connectivity index (χ2v) is 5.09. The van der Waals surface area contributed by atoms with E-state index in [2.05, 4.69) is 24.1 Å². The molecule has 1 N–H and O–H groups in total. The molecule has 0 bridgehead atoms. The molecule has 0 aromatic rings. The predicted octanol–water partition coefficient (Wildman–Crippen LogP) is 2.98. The monoisotopic (exact) mass is 276 g/mol. The van der Waals surface area contributed by atoms with Gasteiger partial charge in [-0.2, -0.15) is 0 Å². The maximum Gasteiger partial charge on any atom is 0.239 e. The lowest BCUT2D eigenvalue weighted by Gasteiger charge is -2.35. The van der Waals surface area contributed by atoms with Gasteiger partial charge in [-0.3, -0.25) is 4.79 Å². The molecule has 1 rings (SSSR count). The standard InChI is InChI=1S/C14H28N2O.ClH/c1-4-11-15-12(3)14(17)16(5-2)13-9-7-6-8-10-13;/h12-13,15H,4-11H2,1-3H3;1H. The predicted molar refractivity (Wildman–Crippen MR) is 79.3 cm³/mol. The second-order valence-electron chi connectivity index (χ2n) is 5.09. The lowest BCUT2D eigenvalue weighted by molar-refractivity contribution is -0.135. The van der Waals surface area contributed by atoms with Gasteiger partial charge in [0, 0.05) is 12.6 Å². The van der Waals surface area contributed by atoms with Gasteiger partial charge in [0.25, 0.3) is 0 Å². The molecule has 1 aliphatic rings. The third-order valence-electron chi connectivity index (χ3n) is 3.71. The van der Waals surface area contributed by atoms with Crippen LogP contribution < -0.4 is 5.32 Å². The first kappa shape index (κ1) is 17.7. The van der Waals surface area contributed by atoms with E-state index in [-0.39, 0.29) is 24.4 Å². The van der Waals surface area contributed by atoms with Crippen LogP contribution in [0.2, 0.25) is 0 Å². The van der Waals surface area contributed by atoms with Crippen LogP contribution in [-0.4, -0.2) is 36.0 Å². The highest BCUT2D eigenvalue weighted by atomic mass is 35.5. The molecule has 1 aliphatic carbocycles. The molecule has 0 aliphatic heterocycles. The Hall–Kier alpha value is -0.280. The normalized spacial score (nSPS) is 17.9. The van der Waals surface area contributed by atoms with Crippen LogP contribution in [0, 0.1) is 0 Å². The molecule has 1 amide bonds. The summed E-state index contributed by atoms with van der Waals surface area (Å²) >= 11 is 0. The fourth-order valence-electron chi connectivity index (χ4n) is 2.68. The minimum atomic E-state index is -0.0307. The minimum absolute atomic E-state index is 0. The van der Waals surface area contributed by atoms with Gasteiger partial charge in [0.15, 0.2) is 0 Å². The summed E-state index contributed by atoms with van der Waals surface area (Å²) in [6.45, 7) is 7.99. The first-order valence-corrected chi connectivity index (χ1v) is 7.24. The molecule has 0 aromatic heterocycles. The van der Waals surface area contributed by atoms with Crippen LogP contribution in [-0.2, 0) is 4.79 Å². The zero-order valence-electron chi connectivity index (χ0n) is 12.1. The van der Waals surface area contributed by atoms with Crippen LogP contribution in [0.1, 0.15) is 59.3 Å². The van der Waals surface area contributed by atoms with Crippen molar-refractivity contribution in [3.63, 3.8) is 0 Å². The van der Waals surface area contributed by atoms with Crippen molar-refractivity contribution in [2.45, 2.75) is 71.4 Å². The summed E-state index contributed by atoms with van der Waals surface area (Å²) in [7, 11) is 0. The van der Waals surface area contributed by atoms with Crippen LogP contribution in [0.4, 0.5) is 0 Å². The largest absolute Gasteiger partial charge is 0.339 e. The number of hydrogen-bond donors (Lipinski definition) is 1. The zero-order valence-corrected chi connectivity index (χ0v) is 12.9. The summed E-state index contributed by atoms with van der Waals surface area (Å²) in [5.41, 5.74) is 0. The van der Waals surface area contributed by atoms with Crippen molar-refractivity contribution in [3.05, 3.63) is 0 Å². The zero-order chi connectivity index (χ0) is 12.7. The van der Waals surface area contributed by atoms with E-state index in [4.69, 9.17) is 0 Å². The van der Waals surface area contributed by atoms with Crippen molar-refractivity contribution in [2.24, 2.45) is 0 Å². The first-order chi connectivity index (χ1) is 8.20. The Labute approximate surface area is 118 Å². The Bertz CT molecular complexity index is 230. The Morgan fingerprint density at radius 3 is 2.39 bits per heavy atom. The van der Waals surface area contributed by atoms with Crippen molar-refractivity contribution in [1.29, 1.82) is 0 Å². The van der Waals surface area contributed by atoms with Gasteiger partial charge in [-0.25, -0.2) is 0 Å². The maximum atomic E-state index is 12.3. The fraction of sp³-hybridized carbons (Fsp3) is 0.929. The summed E-state index contributed by atoms with van der Waals surface area (Å²) in [5.74, 6) is 0.285. The Balaban J connectivity index is 0.00000289. The highest BCUT2D eigenvalue weighted by Crippen LogP contribution is 2.22. The Morgan fingerprint density at radius 1 is 1.28 bits per heavy atom. The Kier molecular flexibility index (Phi) is 9.47. The lowest BCUT2D eigenvalue weighted by atomic mass is 9.94. The molecular formula is C14H29ClN2O. The molecule has 1 saturated carbocycles. The average Bonchev–Trinajstić information content (AvgIpc) is 2.38. The summed E-state index contributed by atoms with van der Waals surface area (Å²) in [5, 5.41) is 3.29. The number of carbonyl (C=O) groups excluding carboxylic acids is 1. The van der Waals surface area contributed by atoms with Crippen LogP contribution in [0.25, 0.3) is 0 Å². The number of rotatable bonds is 6. The van der Waals surface area contributed by atoms with Gasteiger partial charge in [0.2, 0.25) is 5.91 Å². The fourth-order valence-corrected chi connectivity index (χ4v) is 2.68. The molecule has 1 atom stereocenters. The van der Waals surface area contributed by atoms with E-state index in [1.807, 2.05) is 6.92 Å². The number of amides is 1. The van der Waals surface area contributed by atoms with E-state index in [0.717, 1.165) is 19.5 Å². The van der Waals surface area contributed by atoms with Gasteiger partial charge >= 0.3 is 0 Å². The highest BCUT2D eigenvalue weighted by Gasteiger charge is 2.26. The van der Waals surface area contributed by atoms with Crippen LogP contribution in [0.5, 0.6) is 0 Å². The molecule has 0 spiro atoms. The molecule has 4 heteroatoms. The van der Waals surface area contributed by atoms with Crippen molar-refractivity contribution in [3.8, 4) is 0 Å². The van der Waals surface area contributed by atoms with E-state index in [0.29, 0.717) is 6.04 Å². The average molecular weight is 277 g/mol. The van der Waals surface area contributed by atoms with Crippen LogP contribution in [0.3, 0.4) is 0 Å². The van der Waals surface area contributed by atoms with E-state index >= 15 is 0 Å². The smallest absolute Gasteiger partial charge is 0.239 e. The third kappa shape index (κ3) is 5.15. The van der Waals surface area contributed by atoms with Gasteiger partial charge in [-0.15, -0.1) is 12.4 Å². The second kappa shape index (κ2) is 9.62. The SMILES string of the molecule is CCCNC(C)C(=O)N(CC)C1CCCCC1.Cl. The van der Waals surface area contributed by atoms with Crippen molar-refractivity contribution in [2.75, 3.05) is 13.1 Å². The van der Waals surface area contributed by atoms with E-state index in [9.17, 15) is 4.79 Å². The summed E-state index contributed by atoms with van der Waals surface area (Å²) in [4.78, 5) is 14.4. The van der Waals surface area contributed by atoms with Crippen molar-refractivity contribution in [1.82, 2.24) is 10.2 Å². The first-order valence-electron chi connectivity index (χ1n) is 7.24. The molecule has 0 aromatic carbocycles. The van der Waals surface area contributed by atoms with Crippen molar-refractivity contribution >= 4 is 18.3 Å². The van der Waals surface area contributed by atoms with Crippen molar-refractivity contribution < 1.29 is 4.79 Å². The molecule has 0 heterocycles. The molecule has 0 radical (unpaired) electrons. The van der Waals surface area contributed by atoms with Gasteiger partial charge in [0.05, 0.1) is 6.04 Å². The van der Waals surface area contributed by atoms with Gasteiger partial charge in [-0.1, -0.05) is 26.2 Å². The van der Waals surface area contributed by atoms with Crippen LogP contribution in [0.15, 0.2) is 0 Å². The summed E-state index contributed by atoms with van der Waals surface area (Å²) < 4.78 is 0. The van der Waals surface area contributed by atoms with Gasteiger partial charge in [0.1, 0.15) is 0 Å². The van der Waals surface area contributed by atoms with Crippen LogP contribution >= 0.6 is 12.4 Å². The summed E-state index contributed by atoms with van der Waals surface area (Å²) in [6.07, 6.45) is 7.37. The molecule has 1 unspecified atom stereocenters. The molecule has 18 heavy (non-hydrogen) atoms. The molecular weight excluding hydrogens is 248 g/mol. The highest BCUT2D eigenvalue weighted by molar-refractivity contribution is 5.85.